The van der Waals surface area contributed by atoms with Crippen molar-refractivity contribution in [2.75, 3.05) is 26.7 Å². The Hall–Kier alpha value is -2.33. The van der Waals surface area contributed by atoms with Crippen molar-refractivity contribution in [3.63, 3.8) is 0 Å². The number of rotatable bonds is 9. The van der Waals surface area contributed by atoms with Crippen molar-refractivity contribution in [3.05, 3.63) is 65.2 Å². The van der Waals surface area contributed by atoms with Crippen LogP contribution in [-0.2, 0) is 11.2 Å². The Morgan fingerprint density at radius 3 is 2.42 bits per heavy atom. The quantitative estimate of drug-likeness (QED) is 0.746. The fourth-order valence-corrected chi connectivity index (χ4v) is 3.14. The first-order chi connectivity index (χ1) is 12.6. The normalized spacial score (nSPS) is 12.0. The highest BCUT2D eigenvalue weighted by Crippen LogP contribution is 2.23. The van der Waals surface area contributed by atoms with Crippen molar-refractivity contribution < 1.29 is 9.53 Å². The van der Waals surface area contributed by atoms with E-state index >= 15 is 0 Å². The van der Waals surface area contributed by atoms with Gasteiger partial charge in [-0.3, -0.25) is 9.69 Å². The van der Waals surface area contributed by atoms with E-state index in [1.54, 1.807) is 7.11 Å². The Bertz CT molecular complexity index is 694. The summed E-state index contributed by atoms with van der Waals surface area (Å²) in [6.45, 7) is 8.76. The lowest BCUT2D eigenvalue weighted by atomic mass is 10.0. The first-order valence-electron chi connectivity index (χ1n) is 9.27. The Kier molecular flexibility index (Phi) is 7.67. The third-order valence-corrected chi connectivity index (χ3v) is 4.71. The maximum atomic E-state index is 12.4. The van der Waals surface area contributed by atoms with Crippen molar-refractivity contribution in [3.8, 4) is 5.75 Å². The number of carbonyl (C=O) groups is 1. The zero-order valence-electron chi connectivity index (χ0n) is 16.3. The second-order valence-electron chi connectivity index (χ2n) is 6.48. The molecule has 140 valence electrons. The van der Waals surface area contributed by atoms with Gasteiger partial charge in [0, 0.05) is 6.54 Å². The first kappa shape index (κ1) is 20.0. The molecule has 1 unspecified atom stereocenters. The van der Waals surface area contributed by atoms with Crippen LogP contribution in [0.5, 0.6) is 5.75 Å². The number of amides is 1. The Labute approximate surface area is 157 Å². The fraction of sp³-hybridized carbons (Fsp3) is 0.409. The van der Waals surface area contributed by atoms with Crippen LogP contribution in [0.25, 0.3) is 0 Å². The van der Waals surface area contributed by atoms with Crippen LogP contribution in [0, 0.1) is 6.92 Å². The minimum atomic E-state index is 0.0499. The summed E-state index contributed by atoms with van der Waals surface area (Å²) in [5, 5.41) is 3.11. The Morgan fingerprint density at radius 2 is 1.81 bits per heavy atom. The molecule has 0 aliphatic heterocycles. The fourth-order valence-electron chi connectivity index (χ4n) is 3.14. The van der Waals surface area contributed by atoms with Gasteiger partial charge in [-0.05, 0) is 43.3 Å². The molecule has 0 aliphatic rings. The minimum absolute atomic E-state index is 0.0499. The van der Waals surface area contributed by atoms with Crippen LogP contribution in [0.15, 0.2) is 48.5 Å². The molecule has 1 amide bonds. The van der Waals surface area contributed by atoms with E-state index < -0.39 is 0 Å². The second kappa shape index (κ2) is 9.97. The number of ether oxygens (including phenoxy) is 1. The van der Waals surface area contributed by atoms with E-state index in [1.165, 1.54) is 5.56 Å². The molecule has 0 radical (unpaired) electrons. The van der Waals surface area contributed by atoms with Gasteiger partial charge in [0.05, 0.1) is 19.6 Å². The number of benzene rings is 2. The topological polar surface area (TPSA) is 41.6 Å². The number of carbonyl (C=O) groups excluding carboxylic acids is 1. The van der Waals surface area contributed by atoms with Crippen molar-refractivity contribution in [1.82, 2.24) is 10.2 Å². The summed E-state index contributed by atoms with van der Waals surface area (Å²) in [6, 6.07) is 16.3. The maximum absolute atomic E-state index is 12.4. The third-order valence-electron chi connectivity index (χ3n) is 4.71. The van der Waals surface area contributed by atoms with Crippen LogP contribution in [0.2, 0.25) is 0 Å². The Morgan fingerprint density at radius 1 is 1.12 bits per heavy atom. The molecule has 0 bridgehead atoms. The van der Waals surface area contributed by atoms with E-state index in [0.29, 0.717) is 13.0 Å². The van der Waals surface area contributed by atoms with Crippen LogP contribution < -0.4 is 10.1 Å². The average Bonchev–Trinajstić information content (AvgIpc) is 2.67. The molecule has 0 heterocycles. The minimum Gasteiger partial charge on any atom is -0.497 e. The van der Waals surface area contributed by atoms with E-state index in [4.69, 9.17) is 4.74 Å². The molecule has 1 N–H and O–H groups in total. The molecular formula is C22H30N2O2. The van der Waals surface area contributed by atoms with Gasteiger partial charge in [-0.2, -0.15) is 0 Å². The van der Waals surface area contributed by atoms with Crippen molar-refractivity contribution in [1.29, 1.82) is 0 Å². The molecule has 0 aromatic heterocycles. The molecule has 4 nitrogen and oxygen atoms in total. The van der Waals surface area contributed by atoms with E-state index in [0.717, 1.165) is 30.0 Å². The lowest BCUT2D eigenvalue weighted by Gasteiger charge is -2.30. The number of hydrogen-bond donors (Lipinski definition) is 1. The Balaban J connectivity index is 2.06. The van der Waals surface area contributed by atoms with Gasteiger partial charge < -0.3 is 10.1 Å². The molecule has 0 spiro atoms. The monoisotopic (exact) mass is 354 g/mol. The number of hydrogen-bond acceptors (Lipinski definition) is 3. The summed E-state index contributed by atoms with van der Waals surface area (Å²) in [5.74, 6) is 0.888. The molecule has 2 aromatic rings. The molecule has 0 fully saturated rings. The maximum Gasteiger partial charge on any atom is 0.224 e. The molecule has 2 rings (SSSR count). The summed E-state index contributed by atoms with van der Waals surface area (Å²) in [6.07, 6.45) is 0.406. The SMILES string of the molecule is CCN(CC)C(CNC(=O)Cc1ccc(C)cc1)c1cccc(OC)c1. The zero-order valence-corrected chi connectivity index (χ0v) is 16.3. The van der Waals surface area contributed by atoms with Crippen LogP contribution in [0.4, 0.5) is 0 Å². The molecule has 0 aliphatic carbocycles. The molecule has 26 heavy (non-hydrogen) atoms. The van der Waals surface area contributed by atoms with Crippen molar-refractivity contribution in [2.45, 2.75) is 33.2 Å². The van der Waals surface area contributed by atoms with Gasteiger partial charge in [0.25, 0.3) is 0 Å². The number of nitrogens with one attached hydrogen (secondary N) is 1. The van der Waals surface area contributed by atoms with Gasteiger partial charge in [-0.25, -0.2) is 0 Å². The highest BCUT2D eigenvalue weighted by Gasteiger charge is 2.19. The number of methoxy groups -OCH3 is 1. The van der Waals surface area contributed by atoms with Gasteiger partial charge in [-0.1, -0.05) is 55.8 Å². The highest BCUT2D eigenvalue weighted by molar-refractivity contribution is 5.78. The van der Waals surface area contributed by atoms with Crippen molar-refractivity contribution in [2.24, 2.45) is 0 Å². The first-order valence-corrected chi connectivity index (χ1v) is 9.27. The smallest absolute Gasteiger partial charge is 0.224 e. The van der Waals surface area contributed by atoms with Gasteiger partial charge in [-0.15, -0.1) is 0 Å². The highest BCUT2D eigenvalue weighted by atomic mass is 16.5. The molecule has 2 aromatic carbocycles. The van der Waals surface area contributed by atoms with E-state index in [-0.39, 0.29) is 11.9 Å². The van der Waals surface area contributed by atoms with Crippen LogP contribution in [0.1, 0.15) is 36.6 Å². The zero-order chi connectivity index (χ0) is 18.9. The lowest BCUT2D eigenvalue weighted by Crippen LogP contribution is -2.38. The molecule has 1 atom stereocenters. The summed E-state index contributed by atoms with van der Waals surface area (Å²) >= 11 is 0. The summed E-state index contributed by atoms with van der Waals surface area (Å²) < 4.78 is 5.36. The van der Waals surface area contributed by atoms with Crippen LogP contribution in [0.3, 0.4) is 0 Å². The predicted octanol–water partition coefficient (Wildman–Crippen LogP) is 3.75. The largest absolute Gasteiger partial charge is 0.497 e. The average molecular weight is 354 g/mol. The second-order valence-corrected chi connectivity index (χ2v) is 6.48. The molecule has 0 saturated carbocycles. The van der Waals surface area contributed by atoms with E-state index in [2.05, 4.69) is 36.2 Å². The number of aryl methyl sites for hydroxylation is 1. The van der Waals surface area contributed by atoms with Crippen LogP contribution >= 0.6 is 0 Å². The number of likely N-dealkylation sites (N-methyl/N-ethyl adjacent to an activating group) is 1. The lowest BCUT2D eigenvalue weighted by molar-refractivity contribution is -0.120. The van der Waals surface area contributed by atoms with Gasteiger partial charge >= 0.3 is 0 Å². The molecule has 4 heteroatoms. The summed E-state index contributed by atoms with van der Waals surface area (Å²) in [5.41, 5.74) is 3.39. The van der Waals surface area contributed by atoms with Crippen LogP contribution in [-0.4, -0.2) is 37.6 Å². The third kappa shape index (κ3) is 5.60. The van der Waals surface area contributed by atoms with E-state index in [9.17, 15) is 4.79 Å². The van der Waals surface area contributed by atoms with E-state index in [1.807, 2.05) is 43.3 Å². The molecular weight excluding hydrogens is 324 g/mol. The molecule has 0 saturated heterocycles. The predicted molar refractivity (Wildman–Crippen MR) is 107 cm³/mol. The van der Waals surface area contributed by atoms with Gasteiger partial charge in [0.15, 0.2) is 0 Å². The standard InChI is InChI=1S/C22H30N2O2/c1-5-24(6-2)21(19-8-7-9-20(15-19)26-4)16-23-22(25)14-18-12-10-17(3)11-13-18/h7-13,15,21H,5-6,14,16H2,1-4H3,(H,23,25). The van der Waals surface area contributed by atoms with Crippen molar-refractivity contribution >= 4 is 5.91 Å². The summed E-state index contributed by atoms with van der Waals surface area (Å²) in [7, 11) is 1.68. The summed E-state index contributed by atoms with van der Waals surface area (Å²) in [4.78, 5) is 14.7. The van der Waals surface area contributed by atoms with Gasteiger partial charge in [0.2, 0.25) is 5.91 Å². The number of nitrogens with zero attached hydrogens (tertiary/aromatic N) is 1. The van der Waals surface area contributed by atoms with Gasteiger partial charge in [0.1, 0.15) is 5.75 Å².